The van der Waals surface area contributed by atoms with Gasteiger partial charge in [-0.3, -0.25) is 4.99 Å². The van der Waals surface area contributed by atoms with Crippen molar-refractivity contribution in [2.45, 2.75) is 53.1 Å². The van der Waals surface area contributed by atoms with Crippen molar-refractivity contribution < 1.29 is 4.74 Å². The molecule has 3 atom stereocenters. The molecular weight excluding hydrogens is 372 g/mol. The molecule has 3 rings (SSSR count). The molecule has 1 N–H and O–H groups in total. The first-order valence-corrected chi connectivity index (χ1v) is 12.1. The molecule has 2 heterocycles. The maximum absolute atomic E-state index is 6.21. The Morgan fingerprint density at radius 3 is 2.63 bits per heavy atom. The highest BCUT2D eigenvalue weighted by Gasteiger charge is 2.29. The van der Waals surface area contributed by atoms with Crippen LogP contribution in [0.5, 0.6) is 0 Å². The Balaban J connectivity index is 1.63. The standard InChI is InChI=1S/C25H42N4O/c1-5-26-25(29-15-14-21(19-29)18-28(6-2)7-3)27-17-23-9-8-16-30-24(23)22-12-10-20(4)11-13-22/h10-13,21,23-24H,5-9,14-19H2,1-4H3,(H,26,27). The Morgan fingerprint density at radius 2 is 1.93 bits per heavy atom. The lowest BCUT2D eigenvalue weighted by Crippen LogP contribution is -2.41. The smallest absolute Gasteiger partial charge is 0.193 e. The minimum atomic E-state index is 0.167. The number of likely N-dealkylation sites (tertiary alicyclic amines) is 1. The molecule has 2 aliphatic rings. The normalized spacial score (nSPS) is 25.2. The number of hydrogen-bond donors (Lipinski definition) is 1. The third-order valence-electron chi connectivity index (χ3n) is 6.66. The predicted molar refractivity (Wildman–Crippen MR) is 126 cm³/mol. The first-order chi connectivity index (χ1) is 14.6. The van der Waals surface area contributed by atoms with Gasteiger partial charge < -0.3 is 19.9 Å². The van der Waals surface area contributed by atoms with Crippen LogP contribution < -0.4 is 5.32 Å². The largest absolute Gasteiger partial charge is 0.373 e. The maximum atomic E-state index is 6.21. The molecule has 168 valence electrons. The second-order valence-electron chi connectivity index (χ2n) is 8.89. The topological polar surface area (TPSA) is 40.1 Å². The monoisotopic (exact) mass is 414 g/mol. The van der Waals surface area contributed by atoms with E-state index >= 15 is 0 Å². The van der Waals surface area contributed by atoms with E-state index < -0.39 is 0 Å². The summed E-state index contributed by atoms with van der Waals surface area (Å²) in [5.74, 6) is 2.28. The number of rotatable bonds is 8. The van der Waals surface area contributed by atoms with Gasteiger partial charge in [-0.05, 0) is 57.7 Å². The van der Waals surface area contributed by atoms with E-state index in [0.717, 1.165) is 64.2 Å². The van der Waals surface area contributed by atoms with E-state index in [1.807, 2.05) is 0 Å². The van der Waals surface area contributed by atoms with Crippen molar-refractivity contribution in [1.82, 2.24) is 15.1 Å². The van der Waals surface area contributed by atoms with Gasteiger partial charge in [-0.25, -0.2) is 0 Å². The van der Waals surface area contributed by atoms with Crippen LogP contribution in [0.15, 0.2) is 29.3 Å². The van der Waals surface area contributed by atoms with Crippen LogP contribution in [-0.4, -0.2) is 68.2 Å². The number of nitrogens with one attached hydrogen (secondary N) is 1. The zero-order valence-corrected chi connectivity index (χ0v) is 19.6. The zero-order chi connectivity index (χ0) is 21.3. The molecule has 0 bridgehead atoms. The van der Waals surface area contributed by atoms with E-state index in [1.54, 1.807) is 0 Å². The molecular formula is C25H42N4O. The van der Waals surface area contributed by atoms with Gasteiger partial charge in [0.05, 0.1) is 6.10 Å². The summed E-state index contributed by atoms with van der Waals surface area (Å²) in [4.78, 5) is 10.1. The molecule has 5 nitrogen and oxygen atoms in total. The molecule has 0 saturated carbocycles. The summed E-state index contributed by atoms with van der Waals surface area (Å²) in [5, 5.41) is 3.55. The lowest BCUT2D eigenvalue weighted by atomic mass is 9.89. The fourth-order valence-electron chi connectivity index (χ4n) is 4.81. The van der Waals surface area contributed by atoms with Crippen LogP contribution in [0.25, 0.3) is 0 Å². The van der Waals surface area contributed by atoms with Crippen molar-refractivity contribution in [3.63, 3.8) is 0 Å². The minimum Gasteiger partial charge on any atom is -0.373 e. The summed E-state index contributed by atoms with van der Waals surface area (Å²) in [6.45, 7) is 17.1. The number of benzene rings is 1. The van der Waals surface area contributed by atoms with Gasteiger partial charge in [0.15, 0.2) is 5.96 Å². The molecule has 2 saturated heterocycles. The van der Waals surface area contributed by atoms with Gasteiger partial charge in [-0.1, -0.05) is 43.7 Å². The van der Waals surface area contributed by atoms with Crippen molar-refractivity contribution in [2.75, 3.05) is 52.4 Å². The molecule has 30 heavy (non-hydrogen) atoms. The SMILES string of the molecule is CCNC(=NCC1CCCOC1c1ccc(C)cc1)N1CCC(CN(CC)CC)C1. The summed E-state index contributed by atoms with van der Waals surface area (Å²) in [5.41, 5.74) is 2.60. The Kier molecular flexibility index (Phi) is 9.01. The van der Waals surface area contributed by atoms with Crippen LogP contribution in [-0.2, 0) is 4.74 Å². The zero-order valence-electron chi connectivity index (χ0n) is 19.6. The maximum Gasteiger partial charge on any atom is 0.193 e. The number of hydrogen-bond acceptors (Lipinski definition) is 3. The fourth-order valence-corrected chi connectivity index (χ4v) is 4.81. The highest BCUT2D eigenvalue weighted by Crippen LogP contribution is 2.34. The number of aliphatic imine (C=N–C) groups is 1. The molecule has 0 aromatic heterocycles. The quantitative estimate of drug-likeness (QED) is 0.514. The highest BCUT2D eigenvalue weighted by atomic mass is 16.5. The first-order valence-electron chi connectivity index (χ1n) is 12.1. The lowest BCUT2D eigenvalue weighted by Gasteiger charge is -2.32. The molecule has 5 heteroatoms. The molecule has 0 amide bonds. The number of guanidine groups is 1. The van der Waals surface area contributed by atoms with E-state index in [1.165, 1.54) is 30.5 Å². The minimum absolute atomic E-state index is 0.167. The Hall–Kier alpha value is -1.59. The van der Waals surface area contributed by atoms with Crippen LogP contribution in [0.1, 0.15) is 57.3 Å². The summed E-state index contributed by atoms with van der Waals surface area (Å²) >= 11 is 0. The van der Waals surface area contributed by atoms with E-state index in [2.05, 4.69) is 67.1 Å². The third-order valence-corrected chi connectivity index (χ3v) is 6.66. The van der Waals surface area contributed by atoms with Gasteiger partial charge in [0.2, 0.25) is 0 Å². The van der Waals surface area contributed by atoms with Crippen LogP contribution in [0.3, 0.4) is 0 Å². The molecule has 0 spiro atoms. The molecule has 2 fully saturated rings. The fraction of sp³-hybridized carbons (Fsp3) is 0.720. The van der Waals surface area contributed by atoms with E-state index in [0.29, 0.717) is 5.92 Å². The Labute approximate surface area is 183 Å². The van der Waals surface area contributed by atoms with Crippen LogP contribution >= 0.6 is 0 Å². The van der Waals surface area contributed by atoms with E-state index in [-0.39, 0.29) is 6.10 Å². The van der Waals surface area contributed by atoms with E-state index in [9.17, 15) is 0 Å². The summed E-state index contributed by atoms with van der Waals surface area (Å²) in [7, 11) is 0. The van der Waals surface area contributed by atoms with Crippen LogP contribution in [0.2, 0.25) is 0 Å². The van der Waals surface area contributed by atoms with Crippen molar-refractivity contribution >= 4 is 5.96 Å². The molecule has 0 radical (unpaired) electrons. The van der Waals surface area contributed by atoms with Crippen molar-refractivity contribution in [3.8, 4) is 0 Å². The average Bonchev–Trinajstić information content (AvgIpc) is 3.24. The average molecular weight is 415 g/mol. The number of nitrogens with zero attached hydrogens (tertiary/aromatic N) is 3. The van der Waals surface area contributed by atoms with Crippen LogP contribution in [0.4, 0.5) is 0 Å². The van der Waals surface area contributed by atoms with Crippen molar-refractivity contribution in [1.29, 1.82) is 0 Å². The number of aryl methyl sites for hydroxylation is 1. The van der Waals surface area contributed by atoms with Gasteiger partial charge in [-0.15, -0.1) is 0 Å². The first kappa shape index (κ1) is 23.1. The third kappa shape index (κ3) is 6.21. The predicted octanol–water partition coefficient (Wildman–Crippen LogP) is 4.09. The van der Waals surface area contributed by atoms with Gasteiger partial charge >= 0.3 is 0 Å². The van der Waals surface area contributed by atoms with Crippen molar-refractivity contribution in [2.24, 2.45) is 16.8 Å². The molecule has 3 unspecified atom stereocenters. The van der Waals surface area contributed by atoms with Crippen molar-refractivity contribution in [3.05, 3.63) is 35.4 Å². The second-order valence-corrected chi connectivity index (χ2v) is 8.89. The summed E-state index contributed by atoms with van der Waals surface area (Å²) in [6, 6.07) is 8.84. The van der Waals surface area contributed by atoms with Gasteiger partial charge in [0, 0.05) is 45.2 Å². The molecule has 1 aromatic rings. The van der Waals surface area contributed by atoms with Gasteiger partial charge in [0.25, 0.3) is 0 Å². The molecule has 1 aromatic carbocycles. The van der Waals surface area contributed by atoms with Gasteiger partial charge in [0.1, 0.15) is 0 Å². The molecule has 2 aliphatic heterocycles. The lowest BCUT2D eigenvalue weighted by molar-refractivity contribution is -0.0250. The van der Waals surface area contributed by atoms with Gasteiger partial charge in [-0.2, -0.15) is 0 Å². The van der Waals surface area contributed by atoms with Crippen LogP contribution in [0, 0.1) is 18.8 Å². The summed E-state index contributed by atoms with van der Waals surface area (Å²) in [6.07, 6.45) is 3.75. The Bertz CT molecular complexity index is 656. The number of ether oxygens (including phenoxy) is 1. The van der Waals surface area contributed by atoms with E-state index in [4.69, 9.17) is 9.73 Å². The second kappa shape index (κ2) is 11.7. The molecule has 0 aliphatic carbocycles. The summed E-state index contributed by atoms with van der Waals surface area (Å²) < 4.78 is 6.21. The Morgan fingerprint density at radius 1 is 1.17 bits per heavy atom. The highest BCUT2D eigenvalue weighted by molar-refractivity contribution is 5.80.